The van der Waals surface area contributed by atoms with Gasteiger partial charge >= 0.3 is 0 Å². The van der Waals surface area contributed by atoms with Crippen LogP contribution in [-0.4, -0.2) is 13.1 Å². The highest BCUT2D eigenvalue weighted by Crippen LogP contribution is 2.35. The van der Waals surface area contributed by atoms with Crippen LogP contribution in [0, 0.1) is 5.82 Å². The number of hydrogen-bond acceptors (Lipinski definition) is 1. The maximum absolute atomic E-state index is 14.0. The van der Waals surface area contributed by atoms with E-state index in [1.54, 1.807) is 6.07 Å². The third kappa shape index (κ3) is 2.26. The first-order chi connectivity index (χ1) is 9.21. The Bertz CT molecular complexity index is 593. The van der Waals surface area contributed by atoms with Crippen molar-refractivity contribution in [2.75, 3.05) is 13.1 Å². The molecule has 1 fully saturated rings. The van der Waals surface area contributed by atoms with Crippen LogP contribution in [0.2, 0.25) is 5.02 Å². The molecule has 1 aliphatic rings. The zero-order valence-corrected chi connectivity index (χ0v) is 11.3. The van der Waals surface area contributed by atoms with E-state index in [9.17, 15) is 4.39 Å². The molecule has 0 amide bonds. The van der Waals surface area contributed by atoms with Gasteiger partial charge in [0.15, 0.2) is 0 Å². The first-order valence-electron chi connectivity index (χ1n) is 6.40. The molecular formula is C16H15ClFN. The topological polar surface area (TPSA) is 12.0 Å². The fourth-order valence-corrected chi connectivity index (χ4v) is 2.94. The van der Waals surface area contributed by atoms with E-state index in [4.69, 9.17) is 11.6 Å². The van der Waals surface area contributed by atoms with Crippen LogP contribution in [0.4, 0.5) is 4.39 Å². The van der Waals surface area contributed by atoms with E-state index in [-0.39, 0.29) is 11.2 Å². The van der Waals surface area contributed by atoms with Gasteiger partial charge in [-0.25, -0.2) is 4.39 Å². The summed E-state index contributed by atoms with van der Waals surface area (Å²) in [5.74, 6) is -0.129. The lowest BCUT2D eigenvalue weighted by Gasteiger charge is -2.43. The second-order valence-corrected chi connectivity index (χ2v) is 5.54. The number of benzene rings is 2. The van der Waals surface area contributed by atoms with Gasteiger partial charge < -0.3 is 5.32 Å². The molecule has 1 aliphatic heterocycles. The highest BCUT2D eigenvalue weighted by atomic mass is 35.5. The molecular weight excluding hydrogens is 261 g/mol. The largest absolute Gasteiger partial charge is 0.315 e. The van der Waals surface area contributed by atoms with Crippen molar-refractivity contribution in [1.29, 1.82) is 0 Å². The van der Waals surface area contributed by atoms with Crippen LogP contribution in [0.3, 0.4) is 0 Å². The van der Waals surface area contributed by atoms with Crippen LogP contribution < -0.4 is 5.32 Å². The van der Waals surface area contributed by atoms with Gasteiger partial charge in [-0.1, -0.05) is 48.0 Å². The molecule has 1 heterocycles. The van der Waals surface area contributed by atoms with Crippen molar-refractivity contribution in [3.63, 3.8) is 0 Å². The molecule has 2 aromatic carbocycles. The van der Waals surface area contributed by atoms with Crippen molar-refractivity contribution in [2.24, 2.45) is 0 Å². The van der Waals surface area contributed by atoms with Crippen LogP contribution in [-0.2, 0) is 11.8 Å². The maximum Gasteiger partial charge on any atom is 0.127 e. The van der Waals surface area contributed by atoms with E-state index >= 15 is 0 Å². The van der Waals surface area contributed by atoms with Crippen LogP contribution in [0.5, 0.6) is 0 Å². The Kier molecular flexibility index (Phi) is 3.29. The van der Waals surface area contributed by atoms with Gasteiger partial charge in [0.25, 0.3) is 0 Å². The molecule has 0 saturated carbocycles. The van der Waals surface area contributed by atoms with Crippen LogP contribution in [0.15, 0.2) is 48.5 Å². The molecule has 19 heavy (non-hydrogen) atoms. The average Bonchev–Trinajstić information content (AvgIpc) is 2.37. The van der Waals surface area contributed by atoms with Gasteiger partial charge in [0.1, 0.15) is 5.82 Å². The SMILES string of the molecule is Fc1ccccc1C1(Cc2ccccc2Cl)CNC1. The predicted molar refractivity (Wildman–Crippen MR) is 76.1 cm³/mol. The zero-order valence-electron chi connectivity index (χ0n) is 10.5. The Morgan fingerprint density at radius 3 is 2.37 bits per heavy atom. The lowest BCUT2D eigenvalue weighted by Crippen LogP contribution is -2.58. The number of rotatable bonds is 3. The molecule has 1 saturated heterocycles. The first-order valence-corrected chi connectivity index (χ1v) is 6.78. The minimum absolute atomic E-state index is 0.129. The summed E-state index contributed by atoms with van der Waals surface area (Å²) in [5, 5.41) is 4.01. The molecule has 3 heteroatoms. The van der Waals surface area contributed by atoms with E-state index in [1.807, 2.05) is 36.4 Å². The van der Waals surface area contributed by atoms with Crippen molar-refractivity contribution in [2.45, 2.75) is 11.8 Å². The van der Waals surface area contributed by atoms with Crippen LogP contribution >= 0.6 is 11.6 Å². The predicted octanol–water partition coefficient (Wildman–Crippen LogP) is 3.56. The van der Waals surface area contributed by atoms with Gasteiger partial charge in [-0.05, 0) is 29.7 Å². The lowest BCUT2D eigenvalue weighted by atomic mass is 9.71. The summed E-state index contributed by atoms with van der Waals surface area (Å²) in [7, 11) is 0. The molecule has 0 aromatic heterocycles. The van der Waals surface area contributed by atoms with E-state index in [1.165, 1.54) is 6.07 Å². The summed E-state index contributed by atoms with van der Waals surface area (Å²) in [6.45, 7) is 1.58. The van der Waals surface area contributed by atoms with Gasteiger partial charge in [-0.15, -0.1) is 0 Å². The molecule has 98 valence electrons. The molecule has 0 spiro atoms. The minimum Gasteiger partial charge on any atom is -0.315 e. The fraction of sp³-hybridized carbons (Fsp3) is 0.250. The number of hydrogen-bond donors (Lipinski definition) is 1. The monoisotopic (exact) mass is 275 g/mol. The maximum atomic E-state index is 14.0. The summed E-state index contributed by atoms with van der Waals surface area (Å²) in [5.41, 5.74) is 1.69. The summed E-state index contributed by atoms with van der Waals surface area (Å²) in [4.78, 5) is 0. The summed E-state index contributed by atoms with van der Waals surface area (Å²) >= 11 is 6.22. The lowest BCUT2D eigenvalue weighted by molar-refractivity contribution is 0.266. The molecule has 3 rings (SSSR count). The number of halogens is 2. The first kappa shape index (κ1) is 12.6. The molecule has 0 unspecified atom stereocenters. The third-order valence-corrected chi connectivity index (χ3v) is 4.23. The second-order valence-electron chi connectivity index (χ2n) is 5.13. The van der Waals surface area contributed by atoms with Crippen LogP contribution in [0.1, 0.15) is 11.1 Å². The highest BCUT2D eigenvalue weighted by Gasteiger charge is 2.40. The molecule has 0 bridgehead atoms. The van der Waals surface area contributed by atoms with Crippen molar-refractivity contribution in [3.05, 3.63) is 70.5 Å². The van der Waals surface area contributed by atoms with Crippen molar-refractivity contribution < 1.29 is 4.39 Å². The third-order valence-electron chi connectivity index (χ3n) is 3.86. The van der Waals surface area contributed by atoms with Gasteiger partial charge in [0.05, 0.1) is 0 Å². The summed E-state index contributed by atoms with van der Waals surface area (Å²) in [6, 6.07) is 14.8. The average molecular weight is 276 g/mol. The number of nitrogens with one attached hydrogen (secondary N) is 1. The van der Waals surface area contributed by atoms with Crippen molar-refractivity contribution in [3.8, 4) is 0 Å². The molecule has 0 atom stereocenters. The molecule has 0 radical (unpaired) electrons. The summed E-state index contributed by atoms with van der Waals surface area (Å²) < 4.78 is 14.0. The Morgan fingerprint density at radius 1 is 1.05 bits per heavy atom. The Morgan fingerprint density at radius 2 is 1.74 bits per heavy atom. The van der Waals surface area contributed by atoms with E-state index in [0.29, 0.717) is 0 Å². The van der Waals surface area contributed by atoms with E-state index < -0.39 is 0 Å². The molecule has 1 nitrogen and oxygen atoms in total. The van der Waals surface area contributed by atoms with E-state index in [2.05, 4.69) is 5.32 Å². The summed E-state index contributed by atoms with van der Waals surface area (Å²) in [6.07, 6.45) is 0.764. The normalized spacial score (nSPS) is 16.9. The van der Waals surface area contributed by atoms with Crippen molar-refractivity contribution >= 4 is 11.6 Å². The molecule has 1 N–H and O–H groups in total. The van der Waals surface area contributed by atoms with Gasteiger partial charge in [0, 0.05) is 23.5 Å². The Labute approximate surface area is 117 Å². The Hall–Kier alpha value is -1.38. The fourth-order valence-electron chi connectivity index (χ4n) is 2.74. The van der Waals surface area contributed by atoms with Crippen molar-refractivity contribution in [1.82, 2.24) is 5.32 Å². The van der Waals surface area contributed by atoms with E-state index in [0.717, 1.165) is 35.7 Å². The minimum atomic E-state index is -0.170. The Balaban J connectivity index is 1.97. The molecule has 2 aromatic rings. The van der Waals surface area contributed by atoms with Gasteiger partial charge in [-0.3, -0.25) is 0 Å². The zero-order chi connectivity index (χ0) is 13.3. The molecule has 0 aliphatic carbocycles. The second kappa shape index (κ2) is 4.95. The van der Waals surface area contributed by atoms with Gasteiger partial charge in [0.2, 0.25) is 0 Å². The quantitative estimate of drug-likeness (QED) is 0.903. The van der Waals surface area contributed by atoms with Crippen LogP contribution in [0.25, 0.3) is 0 Å². The standard InChI is InChI=1S/C16H15ClFN/c17-14-7-3-1-5-12(14)9-16(10-19-11-16)13-6-2-4-8-15(13)18/h1-8,19H,9-11H2. The van der Waals surface area contributed by atoms with Gasteiger partial charge in [-0.2, -0.15) is 0 Å². The smallest absolute Gasteiger partial charge is 0.127 e. The highest BCUT2D eigenvalue weighted by molar-refractivity contribution is 6.31.